The number of hydrogen-bond donors (Lipinski definition) is 3. The molecule has 0 aliphatic heterocycles. The van der Waals surface area contributed by atoms with Crippen LogP contribution in [0.4, 0.5) is 10.5 Å². The van der Waals surface area contributed by atoms with Crippen molar-refractivity contribution < 1.29 is 4.79 Å². The largest absolute Gasteiger partial charge is 0.345 e. The molecule has 0 radical (unpaired) electrons. The van der Waals surface area contributed by atoms with E-state index in [2.05, 4.69) is 25.5 Å². The maximum atomic E-state index is 11.7. The third-order valence-electron chi connectivity index (χ3n) is 2.75. The van der Waals surface area contributed by atoms with Gasteiger partial charge in [0.25, 0.3) is 0 Å². The number of H-pyrrole nitrogens is 1. The summed E-state index contributed by atoms with van der Waals surface area (Å²) >= 11 is 0. The molecule has 2 amide bonds. The van der Waals surface area contributed by atoms with Gasteiger partial charge in [-0.3, -0.25) is 0 Å². The van der Waals surface area contributed by atoms with Gasteiger partial charge in [0.05, 0.1) is 17.4 Å². The van der Waals surface area contributed by atoms with Gasteiger partial charge in [-0.1, -0.05) is 0 Å². The molecule has 2 aromatic rings. The van der Waals surface area contributed by atoms with E-state index in [1.807, 2.05) is 32.3 Å². The highest BCUT2D eigenvalue weighted by Crippen LogP contribution is 2.15. The van der Waals surface area contributed by atoms with Crippen LogP contribution in [0.1, 0.15) is 6.42 Å². The molecule has 1 heterocycles. The van der Waals surface area contributed by atoms with Crippen LogP contribution in [0.15, 0.2) is 24.5 Å². The molecule has 0 aliphatic rings. The topological polar surface area (TPSA) is 73.1 Å². The molecule has 0 spiro atoms. The molecule has 6 heteroatoms. The molecule has 0 aliphatic carbocycles. The molecule has 6 nitrogen and oxygen atoms in total. The fourth-order valence-electron chi connectivity index (χ4n) is 1.79. The number of aromatic amines is 1. The number of carbonyl (C=O) groups is 1. The number of aromatic nitrogens is 2. The SMILES string of the molecule is CN(C)CCCNC(=O)Nc1ccc2nc[nH]c2c1. The van der Waals surface area contributed by atoms with Crippen molar-refractivity contribution in [1.29, 1.82) is 0 Å². The van der Waals surface area contributed by atoms with Crippen molar-refractivity contribution in [2.24, 2.45) is 0 Å². The molecule has 0 atom stereocenters. The van der Waals surface area contributed by atoms with Crippen LogP contribution in [0.25, 0.3) is 11.0 Å². The van der Waals surface area contributed by atoms with E-state index >= 15 is 0 Å². The third kappa shape index (κ3) is 3.96. The lowest BCUT2D eigenvalue weighted by Gasteiger charge is -2.10. The Bertz CT molecular complexity index is 549. The van der Waals surface area contributed by atoms with E-state index in [1.165, 1.54) is 0 Å². The Morgan fingerprint density at radius 1 is 1.42 bits per heavy atom. The molecule has 1 aromatic heterocycles. The highest BCUT2D eigenvalue weighted by molar-refractivity contribution is 5.91. The van der Waals surface area contributed by atoms with Gasteiger partial charge in [-0.25, -0.2) is 9.78 Å². The maximum absolute atomic E-state index is 11.7. The van der Waals surface area contributed by atoms with E-state index < -0.39 is 0 Å². The number of nitrogens with one attached hydrogen (secondary N) is 3. The second-order valence-electron chi connectivity index (χ2n) is 4.67. The van der Waals surface area contributed by atoms with Crippen LogP contribution in [0.5, 0.6) is 0 Å². The minimum absolute atomic E-state index is 0.183. The van der Waals surface area contributed by atoms with Crippen molar-refractivity contribution in [1.82, 2.24) is 20.2 Å². The zero-order valence-electron chi connectivity index (χ0n) is 11.2. The lowest BCUT2D eigenvalue weighted by Crippen LogP contribution is -2.31. The first kappa shape index (κ1) is 13.4. The second-order valence-corrected chi connectivity index (χ2v) is 4.67. The Balaban J connectivity index is 1.81. The fraction of sp³-hybridized carbons (Fsp3) is 0.385. The first-order valence-electron chi connectivity index (χ1n) is 6.28. The smallest absolute Gasteiger partial charge is 0.319 e. The summed E-state index contributed by atoms with van der Waals surface area (Å²) in [5.74, 6) is 0. The van der Waals surface area contributed by atoms with Crippen molar-refractivity contribution in [3.8, 4) is 0 Å². The number of benzene rings is 1. The predicted molar refractivity (Wildman–Crippen MR) is 76.3 cm³/mol. The molecule has 0 saturated carbocycles. The number of imidazole rings is 1. The number of carbonyl (C=O) groups excluding carboxylic acids is 1. The van der Waals surface area contributed by atoms with Crippen molar-refractivity contribution in [3.05, 3.63) is 24.5 Å². The first-order valence-corrected chi connectivity index (χ1v) is 6.28. The highest BCUT2D eigenvalue weighted by Gasteiger charge is 2.03. The van der Waals surface area contributed by atoms with Crippen LogP contribution in [0, 0.1) is 0 Å². The van der Waals surface area contributed by atoms with Gasteiger partial charge in [-0.05, 0) is 45.3 Å². The van der Waals surface area contributed by atoms with Gasteiger partial charge in [0.15, 0.2) is 0 Å². The van der Waals surface area contributed by atoms with Crippen LogP contribution in [0.3, 0.4) is 0 Å². The van der Waals surface area contributed by atoms with Gasteiger partial charge in [0.2, 0.25) is 0 Å². The molecule has 1 aromatic carbocycles. The molecule has 19 heavy (non-hydrogen) atoms. The average molecular weight is 261 g/mol. The fourth-order valence-corrected chi connectivity index (χ4v) is 1.79. The van der Waals surface area contributed by atoms with E-state index in [1.54, 1.807) is 6.33 Å². The number of urea groups is 1. The molecular formula is C13H19N5O. The summed E-state index contributed by atoms with van der Waals surface area (Å²) in [4.78, 5) is 20.9. The quantitative estimate of drug-likeness (QED) is 0.716. The van der Waals surface area contributed by atoms with Crippen LogP contribution in [-0.2, 0) is 0 Å². The molecule has 3 N–H and O–H groups in total. The number of fused-ring (bicyclic) bond motifs is 1. The number of amides is 2. The van der Waals surface area contributed by atoms with E-state index in [4.69, 9.17) is 0 Å². The lowest BCUT2D eigenvalue weighted by molar-refractivity contribution is 0.251. The highest BCUT2D eigenvalue weighted by atomic mass is 16.2. The Morgan fingerprint density at radius 3 is 3.05 bits per heavy atom. The normalized spacial score (nSPS) is 10.9. The van der Waals surface area contributed by atoms with Gasteiger partial charge < -0.3 is 20.5 Å². The maximum Gasteiger partial charge on any atom is 0.319 e. The van der Waals surface area contributed by atoms with Crippen molar-refractivity contribution in [2.75, 3.05) is 32.5 Å². The minimum Gasteiger partial charge on any atom is -0.345 e. The molecule has 0 unspecified atom stereocenters. The van der Waals surface area contributed by atoms with Crippen molar-refractivity contribution in [2.45, 2.75) is 6.42 Å². The van der Waals surface area contributed by atoms with Crippen LogP contribution >= 0.6 is 0 Å². The Hall–Kier alpha value is -2.08. The molecule has 0 saturated heterocycles. The average Bonchev–Trinajstić information content (AvgIpc) is 2.82. The van der Waals surface area contributed by atoms with E-state index in [9.17, 15) is 4.79 Å². The summed E-state index contributed by atoms with van der Waals surface area (Å²) in [7, 11) is 4.03. The summed E-state index contributed by atoms with van der Waals surface area (Å²) < 4.78 is 0. The lowest BCUT2D eigenvalue weighted by atomic mass is 10.3. The molecular weight excluding hydrogens is 242 g/mol. The standard InChI is InChI=1S/C13H19N5O/c1-18(2)7-3-6-14-13(19)17-10-4-5-11-12(8-10)16-9-15-11/h4-5,8-9H,3,6-7H2,1-2H3,(H,15,16)(H2,14,17,19). The molecule has 0 bridgehead atoms. The van der Waals surface area contributed by atoms with Gasteiger partial charge in [-0.2, -0.15) is 0 Å². The summed E-state index contributed by atoms with van der Waals surface area (Å²) in [6.45, 7) is 1.62. The van der Waals surface area contributed by atoms with E-state index in [-0.39, 0.29) is 6.03 Å². The third-order valence-corrected chi connectivity index (χ3v) is 2.75. The minimum atomic E-state index is -0.183. The Morgan fingerprint density at radius 2 is 2.26 bits per heavy atom. The number of hydrogen-bond acceptors (Lipinski definition) is 3. The van der Waals surface area contributed by atoms with Gasteiger partial charge >= 0.3 is 6.03 Å². The van der Waals surface area contributed by atoms with Crippen molar-refractivity contribution >= 4 is 22.8 Å². The van der Waals surface area contributed by atoms with Gasteiger partial charge in [0, 0.05) is 12.2 Å². The van der Waals surface area contributed by atoms with Crippen LogP contribution < -0.4 is 10.6 Å². The van der Waals surface area contributed by atoms with Crippen LogP contribution in [0.2, 0.25) is 0 Å². The summed E-state index contributed by atoms with van der Waals surface area (Å²) in [6, 6.07) is 5.38. The molecule has 102 valence electrons. The summed E-state index contributed by atoms with van der Waals surface area (Å²) in [5.41, 5.74) is 2.55. The van der Waals surface area contributed by atoms with Gasteiger partial charge in [-0.15, -0.1) is 0 Å². The number of anilines is 1. The Kier molecular flexibility index (Phi) is 4.35. The summed E-state index contributed by atoms with van der Waals surface area (Å²) in [6.07, 6.45) is 2.57. The predicted octanol–water partition coefficient (Wildman–Crippen LogP) is 1.64. The number of nitrogens with zero attached hydrogens (tertiary/aromatic N) is 2. The van der Waals surface area contributed by atoms with E-state index in [0.717, 1.165) is 29.7 Å². The monoisotopic (exact) mass is 261 g/mol. The van der Waals surface area contributed by atoms with E-state index in [0.29, 0.717) is 6.54 Å². The van der Waals surface area contributed by atoms with Gasteiger partial charge in [0.1, 0.15) is 0 Å². The van der Waals surface area contributed by atoms with Crippen molar-refractivity contribution in [3.63, 3.8) is 0 Å². The Labute approximate surface area is 112 Å². The summed E-state index contributed by atoms with van der Waals surface area (Å²) in [5, 5.41) is 5.63. The molecule has 0 fully saturated rings. The molecule has 2 rings (SSSR count). The number of rotatable bonds is 5. The first-order chi connectivity index (χ1) is 9.15. The van der Waals surface area contributed by atoms with Crippen LogP contribution in [-0.4, -0.2) is 48.1 Å². The zero-order chi connectivity index (χ0) is 13.7. The second kappa shape index (κ2) is 6.19. The zero-order valence-corrected chi connectivity index (χ0v) is 11.2.